The van der Waals surface area contributed by atoms with E-state index in [-0.39, 0.29) is 0 Å². The van der Waals surface area contributed by atoms with E-state index in [9.17, 15) is 0 Å². The molecule has 1 saturated heterocycles. The van der Waals surface area contributed by atoms with Gasteiger partial charge >= 0.3 is 0 Å². The Morgan fingerprint density at radius 3 is 2.57 bits per heavy atom. The van der Waals surface area contributed by atoms with Crippen LogP contribution in [-0.2, 0) is 9.47 Å². The second-order valence-electron chi connectivity index (χ2n) is 7.43. The normalized spacial score (nSPS) is 34.6. The lowest BCUT2D eigenvalue weighted by Crippen LogP contribution is -2.66. The predicted molar refractivity (Wildman–Crippen MR) is 85.5 cm³/mol. The summed E-state index contributed by atoms with van der Waals surface area (Å²) in [6.07, 6.45) is 11.1. The average molecular weight is 295 g/mol. The molecule has 1 spiro atoms. The molecule has 0 aromatic heterocycles. The van der Waals surface area contributed by atoms with E-state index in [0.29, 0.717) is 23.6 Å². The highest BCUT2D eigenvalue weighted by Crippen LogP contribution is 2.53. The van der Waals surface area contributed by atoms with Crippen molar-refractivity contribution in [2.75, 3.05) is 19.8 Å². The first-order chi connectivity index (χ1) is 10.3. The third-order valence-corrected chi connectivity index (χ3v) is 6.37. The van der Waals surface area contributed by atoms with Gasteiger partial charge < -0.3 is 14.8 Å². The molecule has 21 heavy (non-hydrogen) atoms. The van der Waals surface area contributed by atoms with Gasteiger partial charge in [0.2, 0.25) is 0 Å². The molecule has 0 aromatic rings. The van der Waals surface area contributed by atoms with E-state index in [1.165, 1.54) is 51.4 Å². The standard InChI is InChI=1S/C18H33NO2/c1-3-21-17-13-16(18(17)9-5-4-6-10-18)19-14(2)15-7-11-20-12-8-15/h14-17,19H,3-13H2,1-2H3. The highest BCUT2D eigenvalue weighted by Gasteiger charge is 2.55. The van der Waals surface area contributed by atoms with Gasteiger partial charge in [-0.25, -0.2) is 0 Å². The maximum Gasteiger partial charge on any atom is 0.0661 e. The predicted octanol–water partition coefficient (Wildman–Crippen LogP) is 3.52. The van der Waals surface area contributed by atoms with Crippen LogP contribution in [0.2, 0.25) is 0 Å². The van der Waals surface area contributed by atoms with Gasteiger partial charge in [0, 0.05) is 37.3 Å². The van der Waals surface area contributed by atoms with Crippen molar-refractivity contribution in [3.05, 3.63) is 0 Å². The fourth-order valence-corrected chi connectivity index (χ4v) is 4.97. The molecule has 3 atom stereocenters. The lowest BCUT2D eigenvalue weighted by Gasteiger charge is -2.59. The smallest absolute Gasteiger partial charge is 0.0661 e. The van der Waals surface area contributed by atoms with E-state index in [4.69, 9.17) is 9.47 Å². The molecule has 122 valence electrons. The summed E-state index contributed by atoms with van der Waals surface area (Å²) in [7, 11) is 0. The van der Waals surface area contributed by atoms with Gasteiger partial charge in [0.25, 0.3) is 0 Å². The van der Waals surface area contributed by atoms with Crippen LogP contribution in [0.1, 0.15) is 65.2 Å². The van der Waals surface area contributed by atoms with Crippen molar-refractivity contribution in [2.45, 2.75) is 83.4 Å². The van der Waals surface area contributed by atoms with Gasteiger partial charge in [0.15, 0.2) is 0 Å². The molecule has 2 aliphatic carbocycles. The van der Waals surface area contributed by atoms with Gasteiger partial charge in [-0.1, -0.05) is 19.3 Å². The molecule has 3 heteroatoms. The van der Waals surface area contributed by atoms with Gasteiger partial charge in [0.05, 0.1) is 6.10 Å². The summed E-state index contributed by atoms with van der Waals surface area (Å²) in [5.41, 5.74) is 0.452. The Morgan fingerprint density at radius 1 is 1.19 bits per heavy atom. The minimum Gasteiger partial charge on any atom is -0.381 e. The number of rotatable bonds is 5. The summed E-state index contributed by atoms with van der Waals surface area (Å²) < 4.78 is 11.6. The Morgan fingerprint density at radius 2 is 1.90 bits per heavy atom. The zero-order valence-electron chi connectivity index (χ0n) is 13.9. The van der Waals surface area contributed by atoms with Crippen LogP contribution in [-0.4, -0.2) is 38.0 Å². The zero-order valence-corrected chi connectivity index (χ0v) is 13.9. The van der Waals surface area contributed by atoms with Crippen LogP contribution < -0.4 is 5.32 Å². The largest absolute Gasteiger partial charge is 0.381 e. The average Bonchev–Trinajstić information content (AvgIpc) is 2.55. The Labute approximate surface area is 130 Å². The number of nitrogens with one attached hydrogen (secondary N) is 1. The monoisotopic (exact) mass is 295 g/mol. The molecule has 0 bridgehead atoms. The Bertz CT molecular complexity index is 321. The van der Waals surface area contributed by atoms with Gasteiger partial charge in [-0.15, -0.1) is 0 Å². The van der Waals surface area contributed by atoms with E-state index >= 15 is 0 Å². The third-order valence-electron chi connectivity index (χ3n) is 6.37. The molecule has 0 amide bonds. The van der Waals surface area contributed by atoms with E-state index in [2.05, 4.69) is 19.2 Å². The summed E-state index contributed by atoms with van der Waals surface area (Å²) in [5, 5.41) is 4.00. The molecule has 3 fully saturated rings. The molecule has 3 nitrogen and oxygen atoms in total. The molecule has 2 saturated carbocycles. The van der Waals surface area contributed by atoms with E-state index in [1.807, 2.05) is 0 Å². The van der Waals surface area contributed by atoms with Crippen LogP contribution in [0.25, 0.3) is 0 Å². The van der Waals surface area contributed by atoms with Crippen molar-refractivity contribution in [3.63, 3.8) is 0 Å². The topological polar surface area (TPSA) is 30.5 Å². The minimum atomic E-state index is 0.452. The van der Waals surface area contributed by atoms with Crippen LogP contribution in [0, 0.1) is 11.3 Å². The Balaban J connectivity index is 1.59. The molecule has 1 heterocycles. The second-order valence-corrected chi connectivity index (χ2v) is 7.43. The summed E-state index contributed by atoms with van der Waals surface area (Å²) in [6.45, 7) is 7.30. The molecule has 3 rings (SSSR count). The molecule has 0 radical (unpaired) electrons. The number of hydrogen-bond acceptors (Lipinski definition) is 3. The molecule has 3 aliphatic rings. The molecule has 0 aromatic carbocycles. The van der Waals surface area contributed by atoms with Crippen molar-refractivity contribution in [1.82, 2.24) is 5.32 Å². The van der Waals surface area contributed by atoms with E-state index < -0.39 is 0 Å². The second kappa shape index (κ2) is 6.97. The molecule has 3 unspecified atom stereocenters. The van der Waals surface area contributed by atoms with E-state index in [0.717, 1.165) is 25.7 Å². The maximum atomic E-state index is 6.07. The minimum absolute atomic E-state index is 0.452. The van der Waals surface area contributed by atoms with Gasteiger partial charge in [-0.3, -0.25) is 0 Å². The quantitative estimate of drug-likeness (QED) is 0.842. The Kier molecular flexibility index (Phi) is 5.23. The lowest BCUT2D eigenvalue weighted by molar-refractivity contribution is -0.153. The molecule has 1 aliphatic heterocycles. The van der Waals surface area contributed by atoms with Crippen LogP contribution in [0.3, 0.4) is 0 Å². The molecular weight excluding hydrogens is 262 g/mol. The van der Waals surface area contributed by atoms with E-state index in [1.54, 1.807) is 0 Å². The van der Waals surface area contributed by atoms with Crippen LogP contribution in [0.5, 0.6) is 0 Å². The molecular formula is C18H33NO2. The van der Waals surface area contributed by atoms with Crippen molar-refractivity contribution in [1.29, 1.82) is 0 Å². The fourth-order valence-electron chi connectivity index (χ4n) is 4.97. The van der Waals surface area contributed by atoms with Crippen LogP contribution >= 0.6 is 0 Å². The third kappa shape index (κ3) is 3.16. The highest BCUT2D eigenvalue weighted by atomic mass is 16.5. The number of ether oxygens (including phenoxy) is 2. The lowest BCUT2D eigenvalue weighted by atomic mass is 9.55. The van der Waals surface area contributed by atoms with Crippen LogP contribution in [0.4, 0.5) is 0 Å². The van der Waals surface area contributed by atoms with Crippen molar-refractivity contribution in [2.24, 2.45) is 11.3 Å². The van der Waals surface area contributed by atoms with Crippen molar-refractivity contribution >= 4 is 0 Å². The van der Waals surface area contributed by atoms with Crippen LogP contribution in [0.15, 0.2) is 0 Å². The maximum absolute atomic E-state index is 6.07. The van der Waals surface area contributed by atoms with Gasteiger partial charge in [-0.2, -0.15) is 0 Å². The van der Waals surface area contributed by atoms with Gasteiger partial charge in [0.1, 0.15) is 0 Å². The highest BCUT2D eigenvalue weighted by molar-refractivity contribution is 5.09. The molecule has 1 N–H and O–H groups in total. The first-order valence-corrected chi connectivity index (χ1v) is 9.21. The summed E-state index contributed by atoms with van der Waals surface area (Å²) in [4.78, 5) is 0. The number of hydrogen-bond donors (Lipinski definition) is 1. The first kappa shape index (κ1) is 15.8. The zero-order chi connectivity index (χ0) is 14.7. The summed E-state index contributed by atoms with van der Waals surface area (Å²) >= 11 is 0. The van der Waals surface area contributed by atoms with Crippen molar-refractivity contribution in [3.8, 4) is 0 Å². The van der Waals surface area contributed by atoms with Crippen molar-refractivity contribution < 1.29 is 9.47 Å². The fraction of sp³-hybridized carbons (Fsp3) is 1.00. The summed E-state index contributed by atoms with van der Waals surface area (Å²) in [6, 6.07) is 1.31. The SMILES string of the molecule is CCOC1CC(NC(C)C2CCOCC2)C12CCCCC2. The Hall–Kier alpha value is -0.120. The first-order valence-electron chi connectivity index (χ1n) is 9.21. The summed E-state index contributed by atoms with van der Waals surface area (Å²) in [5.74, 6) is 0.797. The van der Waals surface area contributed by atoms with Gasteiger partial charge in [-0.05, 0) is 51.9 Å².